The van der Waals surface area contributed by atoms with Crippen LogP contribution >= 0.6 is 11.8 Å². The van der Waals surface area contributed by atoms with E-state index >= 15 is 0 Å². The van der Waals surface area contributed by atoms with Crippen molar-refractivity contribution in [2.24, 2.45) is 15.9 Å². The van der Waals surface area contributed by atoms with Crippen LogP contribution in [0.25, 0.3) is 11.1 Å². The van der Waals surface area contributed by atoms with E-state index in [0.29, 0.717) is 18.1 Å². The Balaban J connectivity index is 1.48. The highest BCUT2D eigenvalue weighted by molar-refractivity contribution is 8.13. The van der Waals surface area contributed by atoms with Crippen LogP contribution in [0.5, 0.6) is 0 Å². The maximum atomic E-state index is 12.4. The predicted molar refractivity (Wildman–Crippen MR) is 166 cm³/mol. The van der Waals surface area contributed by atoms with Crippen molar-refractivity contribution in [1.82, 2.24) is 4.90 Å². The van der Waals surface area contributed by atoms with Crippen LogP contribution in [0.15, 0.2) is 63.1 Å². The fourth-order valence-corrected chi connectivity index (χ4v) is 6.62. The van der Waals surface area contributed by atoms with Crippen LogP contribution in [0.1, 0.15) is 58.4 Å². The van der Waals surface area contributed by atoms with Crippen LogP contribution in [0, 0.1) is 18.3 Å². The zero-order valence-electron chi connectivity index (χ0n) is 23.9. The van der Waals surface area contributed by atoms with E-state index in [1.807, 2.05) is 6.21 Å². The number of thioether (sulfide) groups is 1. The summed E-state index contributed by atoms with van der Waals surface area (Å²) in [7, 11) is 0. The van der Waals surface area contributed by atoms with E-state index in [4.69, 9.17) is 15.4 Å². The lowest BCUT2D eigenvalue weighted by molar-refractivity contribution is -0.140. The number of allylic oxidation sites excluding steroid dienone is 1. The summed E-state index contributed by atoms with van der Waals surface area (Å²) in [4.78, 5) is 27.4. The number of benzene rings is 2. The van der Waals surface area contributed by atoms with Gasteiger partial charge >= 0.3 is 0 Å². The van der Waals surface area contributed by atoms with Crippen molar-refractivity contribution < 1.29 is 9.90 Å². The highest BCUT2D eigenvalue weighted by Crippen LogP contribution is 2.42. The third-order valence-corrected chi connectivity index (χ3v) is 8.97. The Bertz CT molecular complexity index is 1390. The van der Waals surface area contributed by atoms with Gasteiger partial charge in [0.05, 0.1) is 28.7 Å². The highest BCUT2D eigenvalue weighted by Gasteiger charge is 2.34. The van der Waals surface area contributed by atoms with Gasteiger partial charge in [-0.3, -0.25) is 25.1 Å². The number of carbonyl (C=O) groups excluding carboxylic acids is 1. The number of likely N-dealkylation sites (tertiary alicyclic amines) is 1. The Morgan fingerprint density at radius 2 is 1.90 bits per heavy atom. The minimum absolute atomic E-state index is 0.151. The Kier molecular flexibility index (Phi) is 8.57. The second-order valence-corrected chi connectivity index (χ2v) is 12.2. The fourth-order valence-electron chi connectivity index (χ4n) is 5.63. The number of aliphatic imine (C=N–C) groups is 2. The van der Waals surface area contributed by atoms with Gasteiger partial charge in [0.15, 0.2) is 5.84 Å². The zero-order chi connectivity index (χ0) is 28.4. The third kappa shape index (κ3) is 5.93. The van der Waals surface area contributed by atoms with E-state index in [1.54, 1.807) is 23.6 Å². The molecule has 5 rings (SSSR count). The Morgan fingerprint density at radius 3 is 2.62 bits per heavy atom. The van der Waals surface area contributed by atoms with Crippen LogP contribution < -0.4 is 4.90 Å². The van der Waals surface area contributed by atoms with Crippen molar-refractivity contribution >= 4 is 46.1 Å². The van der Waals surface area contributed by atoms with Crippen LogP contribution in [0.3, 0.4) is 0 Å². The summed E-state index contributed by atoms with van der Waals surface area (Å²) in [5.74, 6) is 0.949. The summed E-state index contributed by atoms with van der Waals surface area (Å²) in [6, 6.07) is 13.1. The van der Waals surface area contributed by atoms with Gasteiger partial charge in [-0.1, -0.05) is 49.4 Å². The first-order chi connectivity index (χ1) is 19.2. The molecule has 210 valence electrons. The molecular weight excluding hydrogens is 518 g/mol. The molecule has 0 spiro atoms. The molecule has 3 aliphatic rings. The second kappa shape index (κ2) is 12.1. The van der Waals surface area contributed by atoms with E-state index in [-0.39, 0.29) is 17.9 Å². The Labute approximate surface area is 241 Å². The van der Waals surface area contributed by atoms with Gasteiger partial charge in [0.1, 0.15) is 6.10 Å². The second-order valence-electron chi connectivity index (χ2n) is 11.0. The molecule has 1 saturated heterocycles. The van der Waals surface area contributed by atoms with Crippen LogP contribution in [0.2, 0.25) is 0 Å². The van der Waals surface area contributed by atoms with Crippen LogP contribution in [0.4, 0.5) is 11.4 Å². The summed E-state index contributed by atoms with van der Waals surface area (Å²) in [6.45, 7) is 9.16. The summed E-state index contributed by atoms with van der Waals surface area (Å²) in [5, 5.41) is 18.8. The van der Waals surface area contributed by atoms with E-state index in [2.05, 4.69) is 68.1 Å². The first kappa shape index (κ1) is 28.3. The molecule has 3 heterocycles. The third-order valence-electron chi connectivity index (χ3n) is 7.86. The van der Waals surface area contributed by atoms with E-state index in [0.717, 1.165) is 65.3 Å². The van der Waals surface area contributed by atoms with E-state index in [9.17, 15) is 9.90 Å². The number of carbonyl (C=O) groups is 1. The summed E-state index contributed by atoms with van der Waals surface area (Å²) < 4.78 is 0. The lowest BCUT2D eigenvalue weighted by Crippen LogP contribution is -2.45. The zero-order valence-corrected chi connectivity index (χ0v) is 24.7. The molecule has 1 fully saturated rings. The molecule has 0 aliphatic carbocycles. The maximum Gasteiger partial charge on any atom is 0.251 e. The van der Waals surface area contributed by atoms with Crippen LogP contribution in [-0.2, 0) is 4.79 Å². The minimum atomic E-state index is -0.963. The molecule has 0 bridgehead atoms. The van der Waals surface area contributed by atoms with Gasteiger partial charge in [-0.25, -0.2) is 0 Å². The lowest BCUT2D eigenvalue weighted by Gasteiger charge is -2.38. The number of anilines is 1. The molecule has 8 heteroatoms. The normalized spacial score (nSPS) is 19.8. The average Bonchev–Trinajstić information content (AvgIpc) is 3.12. The number of fused-ring (bicyclic) bond motifs is 3. The van der Waals surface area contributed by atoms with Gasteiger partial charge in [-0.05, 0) is 81.3 Å². The molecule has 7 nitrogen and oxygen atoms in total. The molecular formula is C32H39N5O2S. The molecule has 40 heavy (non-hydrogen) atoms. The van der Waals surface area contributed by atoms with E-state index in [1.165, 1.54) is 11.3 Å². The monoisotopic (exact) mass is 557 g/mol. The van der Waals surface area contributed by atoms with Crippen molar-refractivity contribution in [2.75, 3.05) is 18.0 Å². The van der Waals surface area contributed by atoms with Gasteiger partial charge in [0.25, 0.3) is 5.91 Å². The van der Waals surface area contributed by atoms with Crippen molar-refractivity contribution in [3.05, 3.63) is 53.7 Å². The van der Waals surface area contributed by atoms with Crippen molar-refractivity contribution in [2.45, 2.75) is 76.8 Å². The molecule has 2 aromatic carbocycles. The SMILES string of the molecule is CCCC(=N)Sc1cc(-c2ccc3c(c2)N2C(C4CCN(C(=O)C(C)O)CC4)=CCC(C)N=C2C=N3)ccc1C. The topological polar surface area (TPSA) is 92.4 Å². The predicted octanol–water partition coefficient (Wildman–Crippen LogP) is 6.75. The number of hydrogen-bond donors (Lipinski definition) is 2. The van der Waals surface area contributed by atoms with Crippen LogP contribution in [-0.4, -0.2) is 58.2 Å². The number of aryl methyl sites for hydroxylation is 1. The quantitative estimate of drug-likeness (QED) is 0.234. The lowest BCUT2D eigenvalue weighted by atomic mass is 9.90. The van der Waals surface area contributed by atoms with Gasteiger partial charge in [-0.15, -0.1) is 0 Å². The van der Waals surface area contributed by atoms with Gasteiger partial charge in [0, 0.05) is 29.6 Å². The first-order valence-corrected chi connectivity index (χ1v) is 15.2. The number of rotatable bonds is 6. The van der Waals surface area contributed by atoms with Gasteiger partial charge in [-0.2, -0.15) is 0 Å². The number of amides is 1. The minimum Gasteiger partial charge on any atom is -0.384 e. The molecule has 2 N–H and O–H groups in total. The van der Waals surface area contributed by atoms with Crippen molar-refractivity contribution in [1.29, 1.82) is 5.41 Å². The average molecular weight is 558 g/mol. The number of piperidine rings is 1. The molecule has 2 aromatic rings. The number of nitrogens with zero attached hydrogens (tertiary/aromatic N) is 4. The molecule has 2 atom stereocenters. The molecule has 0 aromatic heterocycles. The van der Waals surface area contributed by atoms with Crippen molar-refractivity contribution in [3.63, 3.8) is 0 Å². The molecule has 0 saturated carbocycles. The standard InChI is InChI=1S/C32H39N5O2S/c1-5-6-30(33)40-29-18-25(9-7-20(29)2)24-10-11-26-28(17-24)37-27(12-8-21(3)35-31(37)19-34-26)23-13-15-36(16-14-23)32(39)22(4)38/h7,9-12,17-19,21-23,33,38H,5-6,8,13-16H2,1-4H3. The number of amidine groups is 1. The molecule has 2 unspecified atom stereocenters. The fraction of sp³-hybridized carbons (Fsp3) is 0.438. The molecule has 1 amide bonds. The summed E-state index contributed by atoms with van der Waals surface area (Å²) >= 11 is 1.55. The largest absolute Gasteiger partial charge is 0.384 e. The highest BCUT2D eigenvalue weighted by atomic mass is 32.2. The van der Waals surface area contributed by atoms with Gasteiger partial charge < -0.3 is 10.0 Å². The van der Waals surface area contributed by atoms with E-state index < -0.39 is 6.10 Å². The Morgan fingerprint density at radius 1 is 1.18 bits per heavy atom. The van der Waals surface area contributed by atoms with Gasteiger partial charge in [0.2, 0.25) is 0 Å². The maximum absolute atomic E-state index is 12.4. The number of aliphatic hydroxyl groups is 1. The molecule has 0 radical (unpaired) electrons. The Hall–Kier alpha value is -3.23. The summed E-state index contributed by atoms with van der Waals surface area (Å²) in [5.41, 5.74) is 6.56. The first-order valence-electron chi connectivity index (χ1n) is 14.3. The smallest absolute Gasteiger partial charge is 0.251 e. The van der Waals surface area contributed by atoms with Crippen molar-refractivity contribution in [3.8, 4) is 11.1 Å². The molecule has 3 aliphatic heterocycles. The number of aliphatic hydroxyl groups excluding tert-OH is 1. The number of nitrogens with one attached hydrogen (secondary N) is 1. The summed E-state index contributed by atoms with van der Waals surface area (Å²) in [6.07, 6.45) is 7.55. The number of hydrogen-bond acceptors (Lipinski definition) is 7.